The van der Waals surface area contributed by atoms with Crippen LogP contribution in [0.2, 0.25) is 0 Å². The highest BCUT2D eigenvalue weighted by molar-refractivity contribution is 7.09. The molecule has 0 radical (unpaired) electrons. The van der Waals surface area contributed by atoms with E-state index in [0.717, 1.165) is 32.1 Å². The summed E-state index contributed by atoms with van der Waals surface area (Å²) < 4.78 is 10.3. The van der Waals surface area contributed by atoms with E-state index in [1.807, 2.05) is 0 Å². The molecule has 2 unspecified atom stereocenters. The molecule has 0 saturated heterocycles. The summed E-state index contributed by atoms with van der Waals surface area (Å²) in [7, 11) is 2.17. The van der Waals surface area contributed by atoms with Crippen LogP contribution in [-0.4, -0.2) is 18.7 Å². The number of hydrogen-bond donors (Lipinski definition) is 0. The molecule has 0 aliphatic rings. The molecule has 0 aromatic rings. The summed E-state index contributed by atoms with van der Waals surface area (Å²) >= 11 is 0. The van der Waals surface area contributed by atoms with Gasteiger partial charge in [0.25, 0.3) is 0 Å². The van der Waals surface area contributed by atoms with Gasteiger partial charge in [0.05, 0.1) is 6.61 Å². The van der Waals surface area contributed by atoms with Crippen LogP contribution in [0.5, 0.6) is 0 Å². The average Bonchev–Trinajstić information content (AvgIpc) is 2.46. The third kappa shape index (κ3) is 11.7. The topological polar surface area (TPSA) is 35.5 Å². The Bertz CT molecular complexity index is 222. The average molecular weight is 304 g/mol. The number of unbranched alkanes of at least 4 members (excludes halogenated alkanes) is 8. The molecule has 0 aromatic heterocycles. The van der Waals surface area contributed by atoms with Crippen molar-refractivity contribution in [2.45, 2.75) is 90.6 Å². The van der Waals surface area contributed by atoms with Crippen molar-refractivity contribution in [1.29, 1.82) is 0 Å². The van der Waals surface area contributed by atoms with Crippen molar-refractivity contribution in [1.82, 2.24) is 0 Å². The molecule has 0 saturated carbocycles. The highest BCUT2D eigenvalue weighted by Crippen LogP contribution is 2.11. The van der Waals surface area contributed by atoms with E-state index in [-0.39, 0.29) is 5.97 Å². The summed E-state index contributed by atoms with van der Waals surface area (Å²) in [6, 6.07) is 0. The minimum absolute atomic E-state index is 0.212. The molecule has 0 aliphatic heterocycles. The van der Waals surface area contributed by atoms with Crippen molar-refractivity contribution in [3.8, 4) is 0 Å². The summed E-state index contributed by atoms with van der Waals surface area (Å²) in [4.78, 5) is 11.7. The van der Waals surface area contributed by atoms with Gasteiger partial charge in [-0.15, -0.1) is 0 Å². The lowest BCUT2D eigenvalue weighted by molar-refractivity contribution is -0.151. The maximum absolute atomic E-state index is 11.7. The van der Waals surface area contributed by atoms with Crippen LogP contribution in [0.4, 0.5) is 0 Å². The van der Waals surface area contributed by atoms with Crippen LogP contribution in [-0.2, 0) is 14.1 Å². The van der Waals surface area contributed by atoms with Crippen LogP contribution >= 0.6 is 9.47 Å². The van der Waals surface area contributed by atoms with E-state index in [0.29, 0.717) is 6.61 Å². The molecule has 0 N–H and O–H groups in total. The molecule has 0 bridgehead atoms. The Labute approximate surface area is 127 Å². The first-order valence-electron chi connectivity index (χ1n) is 8.28. The predicted molar refractivity (Wildman–Crippen MR) is 87.7 cm³/mol. The Kier molecular flexibility index (Phi) is 15.1. The summed E-state index contributed by atoms with van der Waals surface area (Å²) in [5.41, 5.74) is 0. The summed E-state index contributed by atoms with van der Waals surface area (Å²) in [6.07, 6.45) is 12.4. The van der Waals surface area contributed by atoms with E-state index < -0.39 is 6.10 Å². The lowest BCUT2D eigenvalue weighted by Crippen LogP contribution is -2.24. The number of ether oxygens (including phenoxy) is 1. The smallest absolute Gasteiger partial charge is 0.335 e. The number of carbonyl (C=O) groups excluding carboxylic acids is 1. The highest BCUT2D eigenvalue weighted by atomic mass is 31.0. The molecule has 0 aliphatic carbocycles. The van der Waals surface area contributed by atoms with Crippen molar-refractivity contribution in [3.05, 3.63) is 0 Å². The number of carbonyl (C=O) groups is 1. The standard InChI is InChI=1S/C16H33O3P/c1-3-5-7-8-9-10-11-12-14-18-16(17)15(19-20)13-6-4-2/h15H,3-14,20H2,1-2H3. The van der Waals surface area contributed by atoms with Gasteiger partial charge in [-0.3, -0.25) is 0 Å². The Morgan fingerprint density at radius 1 is 0.900 bits per heavy atom. The maximum Gasteiger partial charge on any atom is 0.335 e. The summed E-state index contributed by atoms with van der Waals surface area (Å²) in [6.45, 7) is 4.87. The van der Waals surface area contributed by atoms with Crippen LogP contribution in [0.1, 0.15) is 84.5 Å². The van der Waals surface area contributed by atoms with Crippen molar-refractivity contribution in [3.63, 3.8) is 0 Å². The van der Waals surface area contributed by atoms with Crippen LogP contribution in [0, 0.1) is 0 Å². The molecule has 0 aromatic carbocycles. The van der Waals surface area contributed by atoms with Gasteiger partial charge in [0.2, 0.25) is 0 Å². The molecule has 0 spiro atoms. The van der Waals surface area contributed by atoms with Crippen LogP contribution in [0.15, 0.2) is 0 Å². The second-order valence-corrected chi connectivity index (χ2v) is 5.68. The van der Waals surface area contributed by atoms with Gasteiger partial charge in [-0.2, -0.15) is 0 Å². The first-order valence-corrected chi connectivity index (χ1v) is 8.75. The van der Waals surface area contributed by atoms with E-state index in [9.17, 15) is 4.79 Å². The van der Waals surface area contributed by atoms with Crippen LogP contribution in [0.25, 0.3) is 0 Å². The minimum Gasteiger partial charge on any atom is -0.464 e. The molecule has 2 atom stereocenters. The normalized spacial score (nSPS) is 12.3. The van der Waals surface area contributed by atoms with Crippen LogP contribution < -0.4 is 0 Å². The molecule has 0 heterocycles. The molecule has 120 valence electrons. The lowest BCUT2D eigenvalue weighted by Gasteiger charge is -2.13. The molecule has 0 fully saturated rings. The van der Waals surface area contributed by atoms with Crippen molar-refractivity contribution >= 4 is 15.4 Å². The molecule has 0 rings (SSSR count). The van der Waals surface area contributed by atoms with Gasteiger partial charge in [-0.05, 0) is 12.8 Å². The van der Waals surface area contributed by atoms with E-state index >= 15 is 0 Å². The Morgan fingerprint density at radius 3 is 2.00 bits per heavy atom. The highest BCUT2D eigenvalue weighted by Gasteiger charge is 2.18. The third-order valence-corrected chi connectivity index (χ3v) is 3.82. The number of hydrogen-bond acceptors (Lipinski definition) is 3. The van der Waals surface area contributed by atoms with Crippen molar-refractivity contribution in [2.24, 2.45) is 0 Å². The van der Waals surface area contributed by atoms with Gasteiger partial charge in [0.15, 0.2) is 6.10 Å². The van der Waals surface area contributed by atoms with E-state index in [1.165, 1.54) is 38.5 Å². The molecule has 4 heteroatoms. The monoisotopic (exact) mass is 304 g/mol. The SMILES string of the molecule is CCCCCCCCCCOC(=O)C(CCCC)OP. The van der Waals surface area contributed by atoms with E-state index in [2.05, 4.69) is 23.3 Å². The Hall–Kier alpha value is -0.140. The Morgan fingerprint density at radius 2 is 1.45 bits per heavy atom. The second kappa shape index (κ2) is 15.3. The van der Waals surface area contributed by atoms with Crippen molar-refractivity contribution < 1.29 is 14.1 Å². The zero-order valence-corrected chi connectivity index (χ0v) is 14.5. The zero-order chi connectivity index (χ0) is 15.1. The van der Waals surface area contributed by atoms with Gasteiger partial charge in [0.1, 0.15) is 0 Å². The quantitative estimate of drug-likeness (QED) is 0.256. The Balaban J connectivity index is 3.41. The van der Waals surface area contributed by atoms with E-state index in [1.54, 1.807) is 0 Å². The summed E-state index contributed by atoms with van der Waals surface area (Å²) in [5.74, 6) is -0.212. The minimum atomic E-state index is -0.408. The van der Waals surface area contributed by atoms with Gasteiger partial charge in [0, 0.05) is 9.47 Å². The first kappa shape index (κ1) is 19.9. The molecule has 3 nitrogen and oxygen atoms in total. The number of rotatable bonds is 14. The fourth-order valence-corrected chi connectivity index (χ4v) is 2.38. The predicted octanol–water partition coefficient (Wildman–Crippen LogP) is 5.04. The van der Waals surface area contributed by atoms with Gasteiger partial charge < -0.3 is 9.26 Å². The third-order valence-electron chi connectivity index (χ3n) is 3.49. The van der Waals surface area contributed by atoms with Crippen LogP contribution in [0.3, 0.4) is 0 Å². The zero-order valence-electron chi connectivity index (χ0n) is 13.4. The maximum atomic E-state index is 11.7. The number of esters is 1. The van der Waals surface area contributed by atoms with Gasteiger partial charge >= 0.3 is 5.97 Å². The van der Waals surface area contributed by atoms with Crippen molar-refractivity contribution in [2.75, 3.05) is 6.61 Å². The molecule has 0 amide bonds. The summed E-state index contributed by atoms with van der Waals surface area (Å²) in [5, 5.41) is 0. The molecule has 20 heavy (non-hydrogen) atoms. The van der Waals surface area contributed by atoms with Gasteiger partial charge in [-0.1, -0.05) is 71.6 Å². The fraction of sp³-hybridized carbons (Fsp3) is 0.938. The largest absolute Gasteiger partial charge is 0.464 e. The molecular weight excluding hydrogens is 271 g/mol. The fourth-order valence-electron chi connectivity index (χ4n) is 2.13. The van der Waals surface area contributed by atoms with E-state index in [4.69, 9.17) is 9.26 Å². The lowest BCUT2D eigenvalue weighted by atomic mass is 10.1. The van der Waals surface area contributed by atoms with Gasteiger partial charge in [-0.25, -0.2) is 4.79 Å². The second-order valence-electron chi connectivity index (χ2n) is 5.41. The molecular formula is C16H33O3P. The first-order chi connectivity index (χ1) is 9.76.